The molecule has 0 saturated heterocycles. The van der Waals surface area contributed by atoms with Crippen LogP contribution >= 0.6 is 15.9 Å². The highest BCUT2D eigenvalue weighted by Crippen LogP contribution is 2.35. The predicted octanol–water partition coefficient (Wildman–Crippen LogP) is 2.38. The average molecular weight is 191 g/mol. The number of halogens is 1. The van der Waals surface area contributed by atoms with Crippen molar-refractivity contribution in [2.75, 3.05) is 0 Å². The summed E-state index contributed by atoms with van der Waals surface area (Å²) in [6.45, 7) is 8.93. The molecule has 0 heterocycles. The highest BCUT2D eigenvalue weighted by molar-refractivity contribution is 9.10. The van der Waals surface area contributed by atoms with Crippen molar-refractivity contribution < 1.29 is 0 Å². The van der Waals surface area contributed by atoms with E-state index < -0.39 is 0 Å². The standard InChI is InChI=1S/C7H16BBr/c1-6(2,8)5-7(3,4)9/h5,8H2,1-4H3. The molecular formula is C7H16BBr. The summed E-state index contributed by atoms with van der Waals surface area (Å²) in [5.74, 6) is 0. The first-order valence-corrected chi connectivity index (χ1v) is 4.19. The van der Waals surface area contributed by atoms with E-state index in [0.717, 1.165) is 0 Å². The largest absolute Gasteiger partial charge is 0.108 e. The van der Waals surface area contributed by atoms with Gasteiger partial charge in [-0.25, -0.2) is 0 Å². The molecule has 0 aromatic carbocycles. The van der Waals surface area contributed by atoms with Gasteiger partial charge in [-0.2, -0.15) is 0 Å². The number of hydrogen-bond donors (Lipinski definition) is 0. The quantitative estimate of drug-likeness (QED) is 0.464. The van der Waals surface area contributed by atoms with Crippen LogP contribution in [0.25, 0.3) is 0 Å². The molecule has 0 nitrogen and oxygen atoms in total. The van der Waals surface area contributed by atoms with E-state index in [-0.39, 0.29) is 0 Å². The zero-order chi connectivity index (χ0) is 7.71. The van der Waals surface area contributed by atoms with E-state index >= 15 is 0 Å². The van der Waals surface area contributed by atoms with Crippen LogP contribution < -0.4 is 0 Å². The molecule has 0 fully saturated rings. The molecule has 0 aliphatic heterocycles. The van der Waals surface area contributed by atoms with Crippen molar-refractivity contribution in [1.82, 2.24) is 0 Å². The number of alkyl halides is 1. The minimum atomic E-state index is 0.297. The van der Waals surface area contributed by atoms with Gasteiger partial charge in [0.05, 0.1) is 0 Å². The molecule has 0 aliphatic carbocycles. The lowest BCUT2D eigenvalue weighted by Crippen LogP contribution is -2.17. The van der Waals surface area contributed by atoms with E-state index in [4.69, 9.17) is 0 Å². The van der Waals surface area contributed by atoms with E-state index in [1.165, 1.54) is 6.42 Å². The average Bonchev–Trinajstić information content (AvgIpc) is 1.14. The molecule has 0 rings (SSSR count). The van der Waals surface area contributed by atoms with E-state index in [2.05, 4.69) is 51.5 Å². The summed E-state index contributed by atoms with van der Waals surface area (Å²) in [5, 5.41) is 0.438. The number of hydrogen-bond acceptors (Lipinski definition) is 0. The topological polar surface area (TPSA) is 0 Å². The molecule has 2 heteroatoms. The molecule has 0 N–H and O–H groups in total. The van der Waals surface area contributed by atoms with Crippen LogP contribution in [-0.4, -0.2) is 12.2 Å². The van der Waals surface area contributed by atoms with Gasteiger partial charge < -0.3 is 0 Å². The third-order valence-corrected chi connectivity index (χ3v) is 1.23. The van der Waals surface area contributed by atoms with Gasteiger partial charge in [-0.1, -0.05) is 48.9 Å². The van der Waals surface area contributed by atoms with Crippen LogP contribution in [0.1, 0.15) is 34.1 Å². The number of rotatable bonds is 2. The van der Waals surface area contributed by atoms with Crippen molar-refractivity contribution in [3.05, 3.63) is 0 Å². The summed E-state index contributed by atoms with van der Waals surface area (Å²) in [5.41, 5.74) is 0. The summed E-state index contributed by atoms with van der Waals surface area (Å²) in [6.07, 6.45) is 1.21. The Labute approximate surface area is 67.9 Å². The Hall–Kier alpha value is 0.545. The first kappa shape index (κ1) is 9.54. The Balaban J connectivity index is 3.75. The summed E-state index contributed by atoms with van der Waals surface area (Å²) in [4.78, 5) is 0. The van der Waals surface area contributed by atoms with E-state index in [1.54, 1.807) is 0 Å². The second-order valence-corrected chi connectivity index (χ2v) is 6.60. The summed E-state index contributed by atoms with van der Waals surface area (Å²) < 4.78 is 0.297. The molecule has 0 aromatic heterocycles. The van der Waals surface area contributed by atoms with Crippen LogP contribution in [-0.2, 0) is 0 Å². The van der Waals surface area contributed by atoms with Gasteiger partial charge in [-0.15, -0.1) is 0 Å². The third kappa shape index (κ3) is 8.54. The van der Waals surface area contributed by atoms with E-state index in [9.17, 15) is 0 Å². The van der Waals surface area contributed by atoms with Gasteiger partial charge in [-0.05, 0) is 6.42 Å². The Morgan fingerprint density at radius 1 is 1.22 bits per heavy atom. The Morgan fingerprint density at radius 2 is 1.56 bits per heavy atom. The molecule has 54 valence electrons. The molecule has 9 heavy (non-hydrogen) atoms. The summed E-state index contributed by atoms with van der Waals surface area (Å²) in [6, 6.07) is 0. The molecule has 0 aliphatic rings. The molecule has 0 spiro atoms. The van der Waals surface area contributed by atoms with Gasteiger partial charge in [0.15, 0.2) is 0 Å². The first-order valence-electron chi connectivity index (χ1n) is 3.40. The lowest BCUT2D eigenvalue weighted by atomic mass is 9.68. The summed E-state index contributed by atoms with van der Waals surface area (Å²) >= 11 is 3.61. The second kappa shape index (κ2) is 2.65. The molecule has 0 bridgehead atoms. The minimum Gasteiger partial charge on any atom is -0.0859 e. The van der Waals surface area contributed by atoms with Crippen LogP contribution in [0, 0.1) is 0 Å². The molecule has 0 saturated carbocycles. The maximum absolute atomic E-state index is 3.61. The normalized spacial score (nSPS) is 13.9. The molecule has 0 radical (unpaired) electrons. The lowest BCUT2D eigenvalue weighted by Gasteiger charge is -2.26. The highest BCUT2D eigenvalue weighted by Gasteiger charge is 2.21. The minimum absolute atomic E-state index is 0.297. The predicted molar refractivity (Wildman–Crippen MR) is 50.2 cm³/mol. The van der Waals surface area contributed by atoms with Crippen molar-refractivity contribution in [2.24, 2.45) is 0 Å². The van der Waals surface area contributed by atoms with Crippen LogP contribution in [0.5, 0.6) is 0 Å². The Bertz CT molecular complexity index is 74.1. The van der Waals surface area contributed by atoms with Gasteiger partial charge >= 0.3 is 0 Å². The maximum Gasteiger partial charge on any atom is 0.108 e. The van der Waals surface area contributed by atoms with E-state index in [0.29, 0.717) is 9.64 Å². The van der Waals surface area contributed by atoms with Crippen molar-refractivity contribution in [1.29, 1.82) is 0 Å². The maximum atomic E-state index is 3.61. The van der Waals surface area contributed by atoms with Gasteiger partial charge in [0, 0.05) is 4.32 Å². The molecule has 0 unspecified atom stereocenters. The SMILES string of the molecule is BC(C)(C)CC(C)(C)Br. The monoisotopic (exact) mass is 190 g/mol. The third-order valence-electron chi connectivity index (χ3n) is 0.951. The van der Waals surface area contributed by atoms with Gasteiger partial charge in [0.2, 0.25) is 0 Å². The zero-order valence-electron chi connectivity index (χ0n) is 7.09. The molecule has 0 atom stereocenters. The fraction of sp³-hybridized carbons (Fsp3) is 1.00. The van der Waals surface area contributed by atoms with Gasteiger partial charge in [-0.3, -0.25) is 0 Å². The summed E-state index contributed by atoms with van der Waals surface area (Å²) in [7, 11) is 2.26. The smallest absolute Gasteiger partial charge is 0.0859 e. The van der Waals surface area contributed by atoms with Crippen LogP contribution in [0.15, 0.2) is 0 Å². The second-order valence-electron chi connectivity index (χ2n) is 4.46. The van der Waals surface area contributed by atoms with Crippen molar-refractivity contribution in [2.45, 2.75) is 43.8 Å². The van der Waals surface area contributed by atoms with Crippen LogP contribution in [0.3, 0.4) is 0 Å². The molecular weight excluding hydrogens is 175 g/mol. The Morgan fingerprint density at radius 3 is 1.56 bits per heavy atom. The lowest BCUT2D eigenvalue weighted by molar-refractivity contribution is 0.530. The van der Waals surface area contributed by atoms with Crippen molar-refractivity contribution in [3.8, 4) is 0 Å². The van der Waals surface area contributed by atoms with Gasteiger partial charge in [0.25, 0.3) is 0 Å². The molecule has 0 amide bonds. The first-order chi connectivity index (χ1) is 3.71. The Kier molecular flexibility index (Phi) is 2.81. The van der Waals surface area contributed by atoms with Crippen LogP contribution in [0.4, 0.5) is 0 Å². The van der Waals surface area contributed by atoms with Crippen molar-refractivity contribution >= 4 is 23.8 Å². The molecule has 0 aromatic rings. The van der Waals surface area contributed by atoms with Gasteiger partial charge in [0.1, 0.15) is 7.85 Å². The van der Waals surface area contributed by atoms with E-state index in [1.807, 2.05) is 0 Å². The fourth-order valence-corrected chi connectivity index (χ4v) is 2.10. The fourth-order valence-electron chi connectivity index (χ4n) is 1.26. The van der Waals surface area contributed by atoms with Crippen LogP contribution in [0.2, 0.25) is 5.31 Å². The van der Waals surface area contributed by atoms with Crippen molar-refractivity contribution in [3.63, 3.8) is 0 Å². The zero-order valence-corrected chi connectivity index (χ0v) is 8.67. The highest BCUT2D eigenvalue weighted by atomic mass is 79.9.